The molecular formula is C18H14N4O4S4. The molecule has 154 valence electrons. The van der Waals surface area contributed by atoms with E-state index >= 15 is 0 Å². The number of nitrogens with zero attached hydrogens (tertiary/aromatic N) is 2. The summed E-state index contributed by atoms with van der Waals surface area (Å²) in [6, 6.07) is 0. The van der Waals surface area contributed by atoms with E-state index in [2.05, 4.69) is 20.6 Å². The number of carbonyl (C=O) groups is 2. The van der Waals surface area contributed by atoms with Crippen molar-refractivity contribution in [1.82, 2.24) is 20.6 Å². The van der Waals surface area contributed by atoms with Crippen LogP contribution in [0.15, 0.2) is 55.4 Å². The lowest BCUT2D eigenvalue weighted by Gasteiger charge is -2.11. The van der Waals surface area contributed by atoms with Gasteiger partial charge in [0, 0.05) is 34.0 Å². The van der Waals surface area contributed by atoms with Crippen molar-refractivity contribution in [3.05, 3.63) is 65.4 Å². The second kappa shape index (κ2) is 9.08. The molecule has 0 aromatic carbocycles. The molecule has 0 saturated heterocycles. The predicted molar refractivity (Wildman–Crippen MR) is 120 cm³/mol. The molecule has 4 rings (SSSR count). The second-order valence-electron chi connectivity index (χ2n) is 5.61. The number of thioether (sulfide) groups is 2. The van der Waals surface area contributed by atoms with Crippen molar-refractivity contribution in [3.8, 4) is 0 Å². The third kappa shape index (κ3) is 4.03. The van der Waals surface area contributed by atoms with E-state index in [1.54, 1.807) is 23.2 Å². The number of hydrogen-bond acceptors (Lipinski definition) is 12. The third-order valence-electron chi connectivity index (χ3n) is 3.90. The Kier molecular flexibility index (Phi) is 6.27. The third-order valence-corrected chi connectivity index (χ3v) is 7.27. The van der Waals surface area contributed by atoms with Gasteiger partial charge in [-0.05, 0) is 0 Å². The van der Waals surface area contributed by atoms with Crippen LogP contribution in [0.3, 0.4) is 0 Å². The minimum Gasteiger partial charge on any atom is -0.465 e. The summed E-state index contributed by atoms with van der Waals surface area (Å²) >= 11 is 5.46. The Balaban J connectivity index is 1.58. The van der Waals surface area contributed by atoms with Crippen LogP contribution < -0.4 is 10.6 Å². The molecule has 2 aliphatic rings. The van der Waals surface area contributed by atoms with Gasteiger partial charge in [0.15, 0.2) is 0 Å². The number of hydrogen-bond donors (Lipinski definition) is 2. The molecule has 2 aromatic rings. The average molecular weight is 479 g/mol. The van der Waals surface area contributed by atoms with Gasteiger partial charge in [-0.15, -0.1) is 22.7 Å². The van der Waals surface area contributed by atoms with E-state index in [4.69, 9.17) is 9.47 Å². The van der Waals surface area contributed by atoms with Gasteiger partial charge in [-0.2, -0.15) is 0 Å². The number of thiazole rings is 2. The molecule has 0 bridgehead atoms. The standard InChI is InChI=1S/C18H14N4O4S4/c1-25-17(23)11(13-19-3-5-27-13)15-21-9(7-29-15)10-8-30-16(22-10)12(18(24)26-2)14-20-4-6-28-14/h3-8,21-22H,1-2H3. The summed E-state index contributed by atoms with van der Waals surface area (Å²) in [4.78, 5) is 33.1. The summed E-state index contributed by atoms with van der Waals surface area (Å²) in [5.74, 6) is -0.927. The summed E-state index contributed by atoms with van der Waals surface area (Å²) in [6.45, 7) is 0. The molecular weight excluding hydrogens is 464 g/mol. The Hall–Kier alpha value is -2.54. The molecule has 0 spiro atoms. The quantitative estimate of drug-likeness (QED) is 0.491. The highest BCUT2D eigenvalue weighted by atomic mass is 32.2. The van der Waals surface area contributed by atoms with E-state index < -0.39 is 11.9 Å². The molecule has 0 fully saturated rings. The van der Waals surface area contributed by atoms with Gasteiger partial charge >= 0.3 is 11.9 Å². The van der Waals surface area contributed by atoms with Crippen LogP contribution in [0.4, 0.5) is 0 Å². The minimum atomic E-state index is -0.463. The zero-order valence-electron chi connectivity index (χ0n) is 15.6. The van der Waals surface area contributed by atoms with Crippen LogP contribution >= 0.6 is 46.2 Å². The van der Waals surface area contributed by atoms with Crippen LogP contribution in [0.2, 0.25) is 0 Å². The fourth-order valence-corrected chi connectivity index (χ4v) is 5.81. The zero-order valence-corrected chi connectivity index (χ0v) is 18.9. The van der Waals surface area contributed by atoms with Gasteiger partial charge in [0.25, 0.3) is 0 Å². The number of methoxy groups -OCH3 is 2. The molecule has 0 atom stereocenters. The predicted octanol–water partition coefficient (Wildman–Crippen LogP) is 3.34. The van der Waals surface area contributed by atoms with E-state index in [1.807, 2.05) is 10.8 Å². The molecule has 0 unspecified atom stereocenters. The van der Waals surface area contributed by atoms with Crippen molar-refractivity contribution in [2.24, 2.45) is 0 Å². The highest BCUT2D eigenvalue weighted by Crippen LogP contribution is 2.39. The fourth-order valence-electron chi connectivity index (χ4n) is 2.55. The molecule has 0 aliphatic carbocycles. The van der Waals surface area contributed by atoms with Crippen LogP contribution in [0, 0.1) is 0 Å². The lowest BCUT2D eigenvalue weighted by Crippen LogP contribution is -2.19. The molecule has 0 amide bonds. The minimum absolute atomic E-state index is 0.379. The van der Waals surface area contributed by atoms with Gasteiger partial charge < -0.3 is 20.1 Å². The smallest absolute Gasteiger partial charge is 0.343 e. The molecule has 30 heavy (non-hydrogen) atoms. The van der Waals surface area contributed by atoms with Crippen LogP contribution in [-0.4, -0.2) is 36.1 Å². The maximum atomic E-state index is 12.3. The van der Waals surface area contributed by atoms with Gasteiger partial charge in [0.1, 0.15) is 21.2 Å². The Morgan fingerprint density at radius 2 is 1.23 bits per heavy atom. The molecule has 0 radical (unpaired) electrons. The van der Waals surface area contributed by atoms with E-state index in [0.29, 0.717) is 31.2 Å². The highest BCUT2D eigenvalue weighted by molar-refractivity contribution is 8.06. The molecule has 0 saturated carbocycles. The van der Waals surface area contributed by atoms with E-state index in [1.165, 1.54) is 60.4 Å². The first-order valence-electron chi connectivity index (χ1n) is 8.35. The number of ether oxygens (including phenoxy) is 2. The summed E-state index contributed by atoms with van der Waals surface area (Å²) in [5, 5.41) is 16.3. The number of aromatic nitrogens is 2. The SMILES string of the molecule is COC(=O)C(=C1NC(C2=CSC(=C(C(=O)OC)c3nccs3)N2)=CS1)c1nccs1. The van der Waals surface area contributed by atoms with Gasteiger partial charge in [0.05, 0.1) is 35.7 Å². The highest BCUT2D eigenvalue weighted by Gasteiger charge is 2.29. The number of nitrogens with one attached hydrogen (secondary N) is 2. The van der Waals surface area contributed by atoms with Crippen molar-refractivity contribution in [2.45, 2.75) is 0 Å². The molecule has 2 aromatic heterocycles. The average Bonchev–Trinajstić information content (AvgIpc) is 3.56. The largest absolute Gasteiger partial charge is 0.465 e. The second-order valence-corrected chi connectivity index (χ2v) is 9.16. The molecule has 2 aliphatic heterocycles. The van der Waals surface area contributed by atoms with Crippen LogP contribution in [0.5, 0.6) is 0 Å². The molecule has 12 heteroatoms. The van der Waals surface area contributed by atoms with Gasteiger partial charge in [0.2, 0.25) is 0 Å². The van der Waals surface area contributed by atoms with E-state index in [9.17, 15) is 9.59 Å². The number of esters is 2. The Morgan fingerprint density at radius 3 is 1.57 bits per heavy atom. The summed E-state index contributed by atoms with van der Waals surface area (Å²) in [5.41, 5.74) is 2.28. The van der Waals surface area contributed by atoms with Crippen molar-refractivity contribution in [3.63, 3.8) is 0 Å². The van der Waals surface area contributed by atoms with Gasteiger partial charge in [-0.25, -0.2) is 19.6 Å². The number of carbonyl (C=O) groups excluding carboxylic acids is 2. The lowest BCUT2D eigenvalue weighted by atomic mass is 10.2. The Bertz CT molecular complexity index is 1010. The lowest BCUT2D eigenvalue weighted by molar-refractivity contribution is -0.134. The first-order chi connectivity index (χ1) is 14.6. The van der Waals surface area contributed by atoms with Crippen LogP contribution in [0.1, 0.15) is 10.0 Å². The Morgan fingerprint density at radius 1 is 0.800 bits per heavy atom. The van der Waals surface area contributed by atoms with Gasteiger partial charge in [-0.3, -0.25) is 0 Å². The maximum absolute atomic E-state index is 12.3. The van der Waals surface area contributed by atoms with Crippen molar-refractivity contribution in [2.75, 3.05) is 14.2 Å². The first-order valence-corrected chi connectivity index (χ1v) is 11.9. The monoisotopic (exact) mass is 478 g/mol. The van der Waals surface area contributed by atoms with Crippen molar-refractivity contribution >= 4 is 69.3 Å². The van der Waals surface area contributed by atoms with E-state index in [0.717, 1.165) is 11.4 Å². The Labute approximate surface area is 188 Å². The molecule has 4 heterocycles. The normalized spacial score (nSPS) is 18.7. The van der Waals surface area contributed by atoms with E-state index in [-0.39, 0.29) is 0 Å². The van der Waals surface area contributed by atoms with Crippen molar-refractivity contribution in [1.29, 1.82) is 0 Å². The van der Waals surface area contributed by atoms with Crippen molar-refractivity contribution < 1.29 is 19.1 Å². The topological polar surface area (TPSA) is 102 Å². The summed E-state index contributed by atoms with van der Waals surface area (Å²) in [6.07, 6.45) is 3.28. The van der Waals surface area contributed by atoms with Crippen LogP contribution in [-0.2, 0) is 19.1 Å². The first kappa shape index (κ1) is 20.7. The zero-order chi connectivity index (χ0) is 21.1. The van der Waals surface area contributed by atoms with Crippen LogP contribution in [0.25, 0.3) is 11.1 Å². The summed E-state index contributed by atoms with van der Waals surface area (Å²) in [7, 11) is 2.68. The molecule has 2 N–H and O–H groups in total. The number of rotatable bonds is 5. The summed E-state index contributed by atoms with van der Waals surface area (Å²) < 4.78 is 9.86. The molecule has 8 nitrogen and oxygen atoms in total. The maximum Gasteiger partial charge on any atom is 0.343 e. The van der Waals surface area contributed by atoms with Gasteiger partial charge in [-0.1, -0.05) is 23.5 Å². The fraction of sp³-hybridized carbons (Fsp3) is 0.111.